The maximum atomic E-state index is 11.9. The normalized spacial score (nSPS) is 27.3. The molecular formula is C8H3I2NO3S. The fraction of sp³-hybridized carbons (Fsp3) is 0.250. The third-order valence-corrected chi connectivity index (χ3v) is 5.71. The molecule has 7 heteroatoms. The van der Waals surface area contributed by atoms with Gasteiger partial charge in [-0.05, 0) is 45.2 Å². The molecule has 2 aliphatic rings. The van der Waals surface area contributed by atoms with E-state index in [0.717, 1.165) is 16.9 Å². The first-order valence-electron chi connectivity index (χ1n) is 4.08. The van der Waals surface area contributed by atoms with Gasteiger partial charge in [0, 0.05) is 5.56 Å². The number of Topliss-reactive ketones (excluding diaryl/α,β-unsaturated/α-hetero) is 1. The third kappa shape index (κ3) is 1.28. The number of nitrogens with one attached hydrogen (secondary N) is 1. The van der Waals surface area contributed by atoms with E-state index in [9.17, 15) is 9.59 Å². The van der Waals surface area contributed by atoms with E-state index in [4.69, 9.17) is 4.74 Å². The summed E-state index contributed by atoms with van der Waals surface area (Å²) in [5, 5.41) is 2.67. The fourth-order valence-corrected chi connectivity index (χ4v) is 6.44. The van der Waals surface area contributed by atoms with Crippen molar-refractivity contribution in [1.29, 1.82) is 0 Å². The molecule has 4 nitrogen and oxygen atoms in total. The van der Waals surface area contributed by atoms with Crippen LogP contribution < -0.4 is 5.32 Å². The molecule has 0 saturated carbocycles. The number of hydrogen-bond acceptors (Lipinski definition) is 4. The molecule has 1 saturated heterocycles. The van der Waals surface area contributed by atoms with Crippen LogP contribution in [0.15, 0.2) is 0 Å². The van der Waals surface area contributed by atoms with Gasteiger partial charge in [-0.25, -0.2) is 4.79 Å². The van der Waals surface area contributed by atoms with Gasteiger partial charge in [-0.3, -0.25) is 4.79 Å². The van der Waals surface area contributed by atoms with Gasteiger partial charge in [-0.15, -0.1) is 11.3 Å². The molecule has 3 rings (SSSR count). The summed E-state index contributed by atoms with van der Waals surface area (Å²) in [6.45, 7) is 0. The fourth-order valence-electron chi connectivity index (χ4n) is 1.89. The van der Waals surface area contributed by atoms with Crippen molar-refractivity contribution in [3.05, 3.63) is 16.9 Å². The summed E-state index contributed by atoms with van der Waals surface area (Å²) in [5.41, 5.74) is 1.67. The summed E-state index contributed by atoms with van der Waals surface area (Å²) in [5.74, 6) is -0.0723. The van der Waals surface area contributed by atoms with Gasteiger partial charge in [0.1, 0.15) is 6.04 Å². The molecule has 1 amide bonds. The van der Waals surface area contributed by atoms with Crippen molar-refractivity contribution in [2.24, 2.45) is 0 Å². The maximum Gasteiger partial charge on any atom is 0.408 e. The summed E-state index contributed by atoms with van der Waals surface area (Å²) in [4.78, 5) is 23.0. The van der Waals surface area contributed by atoms with Gasteiger partial charge in [-0.2, -0.15) is 0 Å². The average molecular weight is 447 g/mol. The third-order valence-electron chi connectivity index (χ3n) is 2.48. The molecule has 2 heterocycles. The maximum absolute atomic E-state index is 11.9. The molecule has 0 aromatic carbocycles. The van der Waals surface area contributed by atoms with Gasteiger partial charge in [-0.1, -0.05) is 0 Å². The Morgan fingerprint density at radius 3 is 2.73 bits per heavy atom. The first-order chi connectivity index (χ1) is 7.09. The van der Waals surface area contributed by atoms with Crippen LogP contribution >= 0.6 is 56.5 Å². The van der Waals surface area contributed by atoms with Crippen LogP contribution in [0.1, 0.15) is 22.0 Å². The number of carbonyl (C=O) groups is 2. The average Bonchev–Trinajstić information content (AvgIpc) is 2.71. The number of thiophene rings is 1. The SMILES string of the molecule is O=C1N[C@@H]2c3c(I)sc(I)c3C(=O)[C@@H]2O1. The minimum atomic E-state index is -0.641. The molecule has 1 fully saturated rings. The molecule has 2 atom stereocenters. The van der Waals surface area contributed by atoms with Gasteiger partial charge in [0.05, 0.1) is 11.3 Å². The monoisotopic (exact) mass is 447 g/mol. The molecule has 0 radical (unpaired) electrons. The van der Waals surface area contributed by atoms with Gasteiger partial charge in [0.2, 0.25) is 5.78 Å². The molecule has 1 aliphatic heterocycles. The van der Waals surface area contributed by atoms with Crippen LogP contribution in [-0.2, 0) is 4.74 Å². The van der Waals surface area contributed by atoms with Crippen LogP contribution in [0.4, 0.5) is 4.79 Å². The molecule has 1 N–H and O–H groups in total. The first kappa shape index (κ1) is 10.3. The second-order valence-corrected chi connectivity index (χ2v) is 7.89. The highest BCUT2D eigenvalue weighted by Gasteiger charge is 2.50. The molecule has 78 valence electrons. The van der Waals surface area contributed by atoms with E-state index >= 15 is 0 Å². The Hall–Kier alpha value is 0.1000. The minimum Gasteiger partial charge on any atom is -0.435 e. The summed E-state index contributed by atoms with van der Waals surface area (Å²) in [6, 6.07) is -0.272. The van der Waals surface area contributed by atoms with Crippen LogP contribution in [0.25, 0.3) is 0 Å². The Bertz CT molecular complexity index is 498. The highest BCUT2D eigenvalue weighted by atomic mass is 127. The Kier molecular flexibility index (Phi) is 2.26. The van der Waals surface area contributed by atoms with Crippen molar-refractivity contribution in [2.45, 2.75) is 12.1 Å². The van der Waals surface area contributed by atoms with Crippen molar-refractivity contribution >= 4 is 68.4 Å². The number of rotatable bonds is 0. The van der Waals surface area contributed by atoms with E-state index in [1.165, 1.54) is 0 Å². The number of carbonyl (C=O) groups excluding carboxylic acids is 2. The Balaban J connectivity index is 2.21. The quantitative estimate of drug-likeness (QED) is 0.622. The standard InChI is InChI=1S/C8H3I2NO3S/c9-6-1-2(7(10)15-6)4(12)5-3(1)11-8(13)14-5/h3,5H,(H,11,13)/t3-,5-/m1/s1. The highest BCUT2D eigenvalue weighted by Crippen LogP contribution is 2.45. The van der Waals surface area contributed by atoms with E-state index in [1.807, 2.05) is 0 Å². The number of ether oxygens (including phenoxy) is 1. The van der Waals surface area contributed by atoms with Crippen LogP contribution in [0.3, 0.4) is 0 Å². The van der Waals surface area contributed by atoms with Crippen molar-refractivity contribution in [3.63, 3.8) is 0 Å². The van der Waals surface area contributed by atoms with Gasteiger partial charge in [0.15, 0.2) is 6.10 Å². The van der Waals surface area contributed by atoms with Crippen LogP contribution in [0, 0.1) is 5.77 Å². The number of hydrogen-bond donors (Lipinski definition) is 1. The van der Waals surface area contributed by atoms with Crippen LogP contribution in [0.5, 0.6) is 0 Å². The second kappa shape index (κ2) is 3.29. The van der Waals surface area contributed by atoms with E-state index in [2.05, 4.69) is 50.5 Å². The van der Waals surface area contributed by atoms with E-state index in [1.54, 1.807) is 11.3 Å². The summed E-state index contributed by atoms with van der Waals surface area (Å²) in [6.07, 6.45) is -1.14. The van der Waals surface area contributed by atoms with Gasteiger partial charge >= 0.3 is 6.09 Å². The number of fused-ring (bicyclic) bond motifs is 3. The number of halogens is 2. The van der Waals surface area contributed by atoms with E-state index in [-0.39, 0.29) is 11.8 Å². The minimum absolute atomic E-state index is 0.0723. The van der Waals surface area contributed by atoms with E-state index in [0.29, 0.717) is 0 Å². The molecule has 15 heavy (non-hydrogen) atoms. The van der Waals surface area contributed by atoms with Crippen LogP contribution in [0.2, 0.25) is 0 Å². The summed E-state index contributed by atoms with van der Waals surface area (Å²) < 4.78 is 6.98. The zero-order valence-electron chi connectivity index (χ0n) is 7.04. The molecular weight excluding hydrogens is 444 g/mol. The Labute approximate surface area is 116 Å². The molecule has 1 aromatic heterocycles. The topological polar surface area (TPSA) is 55.4 Å². The predicted octanol–water partition coefficient (Wildman–Crippen LogP) is 2.30. The van der Waals surface area contributed by atoms with Crippen molar-refractivity contribution in [3.8, 4) is 0 Å². The Morgan fingerprint density at radius 1 is 1.27 bits per heavy atom. The summed E-state index contributed by atoms with van der Waals surface area (Å²) in [7, 11) is 0. The van der Waals surface area contributed by atoms with Crippen LogP contribution in [-0.4, -0.2) is 18.0 Å². The number of ketones is 1. The van der Waals surface area contributed by atoms with E-state index < -0.39 is 12.2 Å². The first-order valence-corrected chi connectivity index (χ1v) is 7.06. The lowest BCUT2D eigenvalue weighted by Gasteiger charge is -2.04. The van der Waals surface area contributed by atoms with Gasteiger partial charge < -0.3 is 10.1 Å². The molecule has 0 bridgehead atoms. The lowest BCUT2D eigenvalue weighted by molar-refractivity contribution is 0.0752. The lowest BCUT2D eigenvalue weighted by Crippen LogP contribution is -2.21. The molecule has 1 aromatic rings. The molecule has 0 spiro atoms. The van der Waals surface area contributed by atoms with Crippen molar-refractivity contribution in [1.82, 2.24) is 5.32 Å². The predicted molar refractivity (Wildman–Crippen MR) is 70.2 cm³/mol. The van der Waals surface area contributed by atoms with Crippen molar-refractivity contribution < 1.29 is 14.3 Å². The zero-order valence-corrected chi connectivity index (χ0v) is 12.2. The Morgan fingerprint density at radius 2 is 2.00 bits per heavy atom. The van der Waals surface area contributed by atoms with Crippen molar-refractivity contribution in [2.75, 3.05) is 0 Å². The highest BCUT2D eigenvalue weighted by molar-refractivity contribution is 14.1. The second-order valence-electron chi connectivity index (χ2n) is 3.25. The zero-order chi connectivity index (χ0) is 10.7. The number of amides is 1. The molecule has 1 aliphatic carbocycles. The molecule has 0 unspecified atom stereocenters. The summed E-state index contributed by atoms with van der Waals surface area (Å²) >= 11 is 5.92. The largest absolute Gasteiger partial charge is 0.435 e. The van der Waals surface area contributed by atoms with Gasteiger partial charge in [0.25, 0.3) is 0 Å². The number of alkyl carbamates (subject to hydrolysis) is 1. The smallest absolute Gasteiger partial charge is 0.408 e. The lowest BCUT2D eigenvalue weighted by atomic mass is 10.2.